The number of benzene rings is 1. The molecule has 3 aliphatic rings. The molecule has 0 radical (unpaired) electrons. The molecular formula is C34H48N4O7. The molecule has 1 aromatic heterocycles. The summed E-state index contributed by atoms with van der Waals surface area (Å²) >= 11 is 0. The maximum absolute atomic E-state index is 14.3. The molecule has 0 spiro atoms. The van der Waals surface area contributed by atoms with Crippen molar-refractivity contribution >= 4 is 29.0 Å². The van der Waals surface area contributed by atoms with Crippen LogP contribution in [0.5, 0.6) is 11.6 Å². The molecule has 1 saturated carbocycles. The summed E-state index contributed by atoms with van der Waals surface area (Å²) in [6, 6.07) is 3.39. The lowest BCUT2D eigenvalue weighted by molar-refractivity contribution is -0.151. The number of carbonyl (C=O) groups excluding carboxylic acids is 2. The highest BCUT2D eigenvalue weighted by molar-refractivity contribution is 5.90. The number of aliphatic carboxylic acids is 1. The van der Waals surface area contributed by atoms with Gasteiger partial charge >= 0.3 is 12.1 Å². The number of aryl methyl sites for hydroxylation is 1. The van der Waals surface area contributed by atoms with Crippen molar-refractivity contribution in [3.05, 3.63) is 23.9 Å². The van der Waals surface area contributed by atoms with E-state index in [0.717, 1.165) is 50.5 Å². The van der Waals surface area contributed by atoms with Gasteiger partial charge in [-0.25, -0.2) is 19.6 Å². The fourth-order valence-electron chi connectivity index (χ4n) is 7.44. The molecule has 3 heterocycles. The second-order valence-electron chi connectivity index (χ2n) is 14.2. The van der Waals surface area contributed by atoms with Crippen LogP contribution >= 0.6 is 0 Å². The molecule has 1 aromatic carbocycles. The first-order valence-electron chi connectivity index (χ1n) is 16.4. The van der Waals surface area contributed by atoms with Gasteiger partial charge in [0.05, 0.1) is 24.7 Å². The van der Waals surface area contributed by atoms with E-state index in [0.29, 0.717) is 35.7 Å². The lowest BCUT2D eigenvalue weighted by Crippen LogP contribution is -2.58. The van der Waals surface area contributed by atoms with Crippen molar-refractivity contribution in [1.82, 2.24) is 20.2 Å². The Kier molecular flexibility index (Phi) is 9.46. The standard InChI is InChI=1S/C34H48N4O7/c1-7-22-26-19-38(27(22)31(40)41)30(39)28(33(2,3)4)37-32(42)45-34(5)17-11-13-20(34)12-9-8-10-14-24-29(44-26)36-25-18-21(43-6)15-16-23(25)35-24/h15-16,18,20,22,26-28H,7-14,17,19H2,1-6H3,(H,37,42)(H,40,41)/t20-,22-,26+,27?,28-,34-/m1/s1. The van der Waals surface area contributed by atoms with Gasteiger partial charge in [-0.3, -0.25) is 4.79 Å². The third-order valence-corrected chi connectivity index (χ3v) is 10.0. The molecule has 1 aliphatic carbocycles. The molecule has 45 heavy (non-hydrogen) atoms. The van der Waals surface area contributed by atoms with Crippen LogP contribution in [-0.2, 0) is 20.7 Å². The van der Waals surface area contributed by atoms with Crippen molar-refractivity contribution in [2.24, 2.45) is 17.3 Å². The first-order chi connectivity index (χ1) is 21.3. The van der Waals surface area contributed by atoms with Gasteiger partial charge in [-0.2, -0.15) is 0 Å². The number of nitrogens with one attached hydrogen (secondary N) is 1. The second kappa shape index (κ2) is 13.0. The number of rotatable bonds is 3. The van der Waals surface area contributed by atoms with Crippen LogP contribution in [0.1, 0.15) is 91.7 Å². The van der Waals surface area contributed by atoms with Crippen LogP contribution in [0.3, 0.4) is 0 Å². The highest BCUT2D eigenvalue weighted by Gasteiger charge is 2.52. The van der Waals surface area contributed by atoms with Crippen molar-refractivity contribution in [1.29, 1.82) is 0 Å². The Balaban J connectivity index is 1.56. The fourth-order valence-corrected chi connectivity index (χ4v) is 7.44. The van der Waals surface area contributed by atoms with Gasteiger partial charge in [0.15, 0.2) is 0 Å². The summed E-state index contributed by atoms with van der Waals surface area (Å²) in [5.74, 6) is -0.865. The van der Waals surface area contributed by atoms with E-state index in [4.69, 9.17) is 24.2 Å². The maximum Gasteiger partial charge on any atom is 0.408 e. The van der Waals surface area contributed by atoms with E-state index in [1.54, 1.807) is 13.2 Å². The molecule has 5 rings (SSSR count). The summed E-state index contributed by atoms with van der Waals surface area (Å²) in [4.78, 5) is 51.5. The lowest BCUT2D eigenvalue weighted by Gasteiger charge is -2.37. The zero-order chi connectivity index (χ0) is 32.5. The van der Waals surface area contributed by atoms with Crippen LogP contribution in [-0.4, -0.2) is 75.4 Å². The zero-order valence-corrected chi connectivity index (χ0v) is 27.4. The minimum atomic E-state index is -1.13. The predicted octanol–water partition coefficient (Wildman–Crippen LogP) is 5.52. The molecule has 1 saturated heterocycles. The average molecular weight is 625 g/mol. The van der Waals surface area contributed by atoms with Crippen LogP contribution in [0.25, 0.3) is 11.0 Å². The maximum atomic E-state index is 14.3. The van der Waals surface area contributed by atoms with E-state index >= 15 is 0 Å². The van der Waals surface area contributed by atoms with Gasteiger partial charge in [-0.15, -0.1) is 0 Å². The fraction of sp³-hybridized carbons (Fsp3) is 0.676. The van der Waals surface area contributed by atoms with Gasteiger partial charge in [-0.05, 0) is 75.3 Å². The van der Waals surface area contributed by atoms with Crippen LogP contribution in [0.15, 0.2) is 18.2 Å². The first-order valence-corrected chi connectivity index (χ1v) is 16.4. The quantitative estimate of drug-likeness (QED) is 0.451. The predicted molar refractivity (Wildman–Crippen MR) is 168 cm³/mol. The van der Waals surface area contributed by atoms with E-state index in [1.807, 2.05) is 46.8 Å². The van der Waals surface area contributed by atoms with E-state index in [9.17, 15) is 19.5 Å². The van der Waals surface area contributed by atoms with Crippen LogP contribution in [0.4, 0.5) is 4.79 Å². The number of alkyl carbamates (subject to hydrolysis) is 1. The molecule has 246 valence electrons. The second-order valence-corrected chi connectivity index (χ2v) is 14.2. The molecule has 2 aliphatic heterocycles. The summed E-state index contributed by atoms with van der Waals surface area (Å²) in [6.45, 7) is 9.48. The van der Waals surface area contributed by atoms with Crippen molar-refractivity contribution in [3.63, 3.8) is 0 Å². The van der Waals surface area contributed by atoms with E-state index in [2.05, 4.69) is 5.32 Å². The number of ether oxygens (including phenoxy) is 3. The Morgan fingerprint density at radius 2 is 1.89 bits per heavy atom. The largest absolute Gasteiger partial charge is 0.497 e. The number of fused-ring (bicyclic) bond motifs is 5. The lowest BCUT2D eigenvalue weighted by atomic mass is 9.85. The minimum Gasteiger partial charge on any atom is -0.497 e. The third kappa shape index (κ3) is 6.82. The van der Waals surface area contributed by atoms with Crippen molar-refractivity contribution in [3.8, 4) is 11.6 Å². The number of carboxylic acids is 1. The summed E-state index contributed by atoms with van der Waals surface area (Å²) in [6.07, 6.45) is 6.31. The highest BCUT2D eigenvalue weighted by atomic mass is 16.6. The number of nitrogens with zero attached hydrogens (tertiary/aromatic N) is 3. The molecular weight excluding hydrogens is 576 g/mol. The molecule has 2 aromatic rings. The van der Waals surface area contributed by atoms with Gasteiger partial charge in [0.25, 0.3) is 0 Å². The van der Waals surface area contributed by atoms with Crippen LogP contribution in [0, 0.1) is 17.3 Å². The molecule has 6 atom stereocenters. The number of carbonyl (C=O) groups is 3. The van der Waals surface area contributed by atoms with Crippen LogP contribution < -0.4 is 14.8 Å². The topological polar surface area (TPSA) is 140 Å². The summed E-state index contributed by atoms with van der Waals surface area (Å²) in [7, 11) is 1.59. The Labute approximate surface area is 265 Å². The van der Waals surface area contributed by atoms with Gasteiger partial charge in [0.1, 0.15) is 35.2 Å². The van der Waals surface area contributed by atoms with Gasteiger partial charge in [-0.1, -0.05) is 40.5 Å². The van der Waals surface area contributed by atoms with Gasteiger partial charge in [0.2, 0.25) is 11.8 Å². The monoisotopic (exact) mass is 624 g/mol. The molecule has 2 fully saturated rings. The number of carboxylic acid groups (broad SMARTS) is 1. The minimum absolute atomic E-state index is 0.0364. The van der Waals surface area contributed by atoms with Crippen LogP contribution in [0.2, 0.25) is 0 Å². The third-order valence-electron chi connectivity index (χ3n) is 10.0. The number of aromatic nitrogens is 2. The number of amides is 2. The first kappa shape index (κ1) is 32.8. The Morgan fingerprint density at radius 1 is 1.13 bits per heavy atom. The Hall–Kier alpha value is -3.63. The van der Waals surface area contributed by atoms with E-state index in [1.165, 1.54) is 4.90 Å². The average Bonchev–Trinajstić information content (AvgIpc) is 3.53. The van der Waals surface area contributed by atoms with E-state index < -0.39 is 53.1 Å². The molecule has 2 amide bonds. The number of methoxy groups -OCH3 is 1. The Bertz CT molecular complexity index is 1430. The smallest absolute Gasteiger partial charge is 0.408 e. The molecule has 1 unspecified atom stereocenters. The summed E-state index contributed by atoms with van der Waals surface area (Å²) < 4.78 is 18.1. The van der Waals surface area contributed by atoms with E-state index in [-0.39, 0.29) is 12.5 Å². The molecule has 11 heteroatoms. The SMILES string of the molecule is CC[C@H]1C(C(=O)O)N2C[C@@H]1Oc1nc3cc(OC)ccc3nc1CCCCC[C@@H]1CCC[C@@]1(C)OC(=O)N[C@@H](C(C)(C)C)C2=O. The highest BCUT2D eigenvalue weighted by Crippen LogP contribution is 2.42. The number of hydrogen-bond donors (Lipinski definition) is 2. The molecule has 11 nitrogen and oxygen atoms in total. The van der Waals surface area contributed by atoms with Gasteiger partial charge < -0.3 is 29.5 Å². The van der Waals surface area contributed by atoms with Crippen molar-refractivity contribution in [2.75, 3.05) is 13.7 Å². The van der Waals surface area contributed by atoms with Crippen molar-refractivity contribution < 1.29 is 33.7 Å². The van der Waals surface area contributed by atoms with Crippen molar-refractivity contribution in [2.45, 2.75) is 116 Å². The number of hydrogen-bond acceptors (Lipinski definition) is 8. The normalized spacial score (nSPS) is 29.9. The zero-order valence-electron chi connectivity index (χ0n) is 27.4. The Morgan fingerprint density at radius 3 is 2.58 bits per heavy atom. The summed E-state index contributed by atoms with van der Waals surface area (Å²) in [5.41, 5.74) is 0.714. The van der Waals surface area contributed by atoms with Gasteiger partial charge in [0, 0.05) is 12.0 Å². The molecule has 2 N–H and O–H groups in total. The molecule has 2 bridgehead atoms. The summed E-state index contributed by atoms with van der Waals surface area (Å²) in [5, 5.41) is 13.3.